The molecule has 92 valence electrons. The van der Waals surface area contributed by atoms with Crippen LogP contribution in [0, 0.1) is 0 Å². The van der Waals surface area contributed by atoms with Crippen molar-refractivity contribution in [2.24, 2.45) is 0 Å². The maximum absolute atomic E-state index is 3.74. The molecule has 0 amide bonds. The molecule has 16 heavy (non-hydrogen) atoms. The molecule has 2 atom stereocenters. The Kier molecular flexibility index (Phi) is 4.86. The van der Waals surface area contributed by atoms with Crippen molar-refractivity contribution in [1.29, 1.82) is 0 Å². The number of nitrogens with zero attached hydrogens (tertiary/aromatic N) is 1. The van der Waals surface area contributed by atoms with Crippen molar-refractivity contribution in [3.63, 3.8) is 0 Å². The van der Waals surface area contributed by atoms with E-state index in [1.54, 1.807) is 0 Å². The van der Waals surface area contributed by atoms with Crippen molar-refractivity contribution in [2.75, 3.05) is 19.6 Å². The van der Waals surface area contributed by atoms with Gasteiger partial charge in [-0.2, -0.15) is 0 Å². The van der Waals surface area contributed by atoms with Crippen molar-refractivity contribution in [1.82, 2.24) is 10.2 Å². The second-order valence-corrected chi connectivity index (χ2v) is 5.39. The quantitative estimate of drug-likeness (QED) is 0.735. The average molecular weight is 222 g/mol. The first-order valence-electron chi connectivity index (χ1n) is 6.99. The third-order valence-corrected chi connectivity index (χ3v) is 3.73. The lowest BCUT2D eigenvalue weighted by atomic mass is 10.0. The fraction of sp³-hybridized carbons (Fsp3) is 0.857. The molecule has 1 fully saturated rings. The summed E-state index contributed by atoms with van der Waals surface area (Å²) in [4.78, 5) is 2.62. The normalized spacial score (nSPS) is 29.2. The molecule has 0 saturated carbocycles. The molecule has 1 heterocycles. The zero-order valence-electron chi connectivity index (χ0n) is 10.6. The van der Waals surface area contributed by atoms with Crippen LogP contribution >= 0.6 is 0 Å². The van der Waals surface area contributed by atoms with E-state index in [4.69, 9.17) is 0 Å². The third-order valence-electron chi connectivity index (χ3n) is 3.73. The maximum atomic E-state index is 3.74. The highest BCUT2D eigenvalue weighted by atomic mass is 15.2. The Hall–Kier alpha value is -0.340. The van der Waals surface area contributed by atoms with Gasteiger partial charge in [0.1, 0.15) is 0 Å². The van der Waals surface area contributed by atoms with Gasteiger partial charge in [-0.15, -0.1) is 0 Å². The topological polar surface area (TPSA) is 15.3 Å². The van der Waals surface area contributed by atoms with Gasteiger partial charge in [-0.3, -0.25) is 0 Å². The Morgan fingerprint density at radius 3 is 2.75 bits per heavy atom. The predicted octanol–water partition coefficient (Wildman–Crippen LogP) is 2.56. The lowest BCUT2D eigenvalue weighted by Gasteiger charge is -2.31. The average Bonchev–Trinajstić information content (AvgIpc) is 2.31. The van der Waals surface area contributed by atoms with Gasteiger partial charge in [0, 0.05) is 18.6 Å². The molecule has 0 spiro atoms. The highest BCUT2D eigenvalue weighted by Crippen LogP contribution is 2.12. The number of hydrogen-bond donors (Lipinski definition) is 1. The molecule has 1 aliphatic heterocycles. The molecular formula is C14H26N2. The van der Waals surface area contributed by atoms with Crippen molar-refractivity contribution < 1.29 is 0 Å². The first-order valence-corrected chi connectivity index (χ1v) is 6.99. The van der Waals surface area contributed by atoms with Crippen molar-refractivity contribution >= 4 is 0 Å². The molecule has 0 bridgehead atoms. The summed E-state index contributed by atoms with van der Waals surface area (Å²) in [6.45, 7) is 6.18. The summed E-state index contributed by atoms with van der Waals surface area (Å²) < 4.78 is 0. The van der Waals surface area contributed by atoms with Crippen LogP contribution in [-0.4, -0.2) is 36.6 Å². The monoisotopic (exact) mass is 222 g/mol. The van der Waals surface area contributed by atoms with Crippen LogP contribution in [0.25, 0.3) is 0 Å². The summed E-state index contributed by atoms with van der Waals surface area (Å²) >= 11 is 0. The summed E-state index contributed by atoms with van der Waals surface area (Å²) in [5, 5.41) is 3.74. The van der Waals surface area contributed by atoms with Gasteiger partial charge in [0.05, 0.1) is 0 Å². The van der Waals surface area contributed by atoms with Crippen LogP contribution in [0.1, 0.15) is 45.4 Å². The Balaban J connectivity index is 1.68. The molecule has 2 aliphatic rings. The van der Waals surface area contributed by atoms with Crippen LogP contribution in [0.15, 0.2) is 12.2 Å². The van der Waals surface area contributed by atoms with Gasteiger partial charge in [0.2, 0.25) is 0 Å². The van der Waals surface area contributed by atoms with Crippen molar-refractivity contribution in [3.8, 4) is 0 Å². The van der Waals surface area contributed by atoms with Crippen LogP contribution in [0.2, 0.25) is 0 Å². The zero-order chi connectivity index (χ0) is 11.2. The third kappa shape index (κ3) is 3.91. The second-order valence-electron chi connectivity index (χ2n) is 5.39. The van der Waals surface area contributed by atoms with Gasteiger partial charge < -0.3 is 10.2 Å². The second kappa shape index (κ2) is 6.41. The summed E-state index contributed by atoms with van der Waals surface area (Å²) in [5.41, 5.74) is 0. The summed E-state index contributed by atoms with van der Waals surface area (Å²) in [6.07, 6.45) is 12.9. The van der Waals surface area contributed by atoms with E-state index < -0.39 is 0 Å². The zero-order valence-corrected chi connectivity index (χ0v) is 10.6. The van der Waals surface area contributed by atoms with Crippen molar-refractivity contribution in [3.05, 3.63) is 12.2 Å². The van der Waals surface area contributed by atoms with Gasteiger partial charge in [0.25, 0.3) is 0 Å². The summed E-state index contributed by atoms with van der Waals surface area (Å²) in [5.74, 6) is 0. The summed E-state index contributed by atoms with van der Waals surface area (Å²) in [6, 6.07) is 1.26. The van der Waals surface area contributed by atoms with Gasteiger partial charge in [-0.1, -0.05) is 18.6 Å². The van der Waals surface area contributed by atoms with E-state index in [0.717, 1.165) is 0 Å². The van der Waals surface area contributed by atoms with E-state index in [0.29, 0.717) is 12.1 Å². The van der Waals surface area contributed by atoms with Crippen LogP contribution in [-0.2, 0) is 0 Å². The number of nitrogens with one attached hydrogen (secondary N) is 1. The van der Waals surface area contributed by atoms with E-state index in [-0.39, 0.29) is 0 Å². The van der Waals surface area contributed by atoms with Gasteiger partial charge in [0.15, 0.2) is 0 Å². The number of hydrogen-bond acceptors (Lipinski definition) is 2. The van der Waals surface area contributed by atoms with Crippen LogP contribution in [0.3, 0.4) is 0 Å². The SMILES string of the molecule is CC(CN1CCCCC1)NC1C=CCCC1. The van der Waals surface area contributed by atoms with Gasteiger partial charge in [-0.25, -0.2) is 0 Å². The minimum atomic E-state index is 0.630. The van der Waals surface area contributed by atoms with E-state index in [1.807, 2.05) is 0 Å². The number of rotatable bonds is 4. The van der Waals surface area contributed by atoms with Crippen LogP contribution in [0.5, 0.6) is 0 Å². The minimum Gasteiger partial charge on any atom is -0.307 e. The highest BCUT2D eigenvalue weighted by Gasteiger charge is 2.16. The molecule has 1 aliphatic carbocycles. The first kappa shape index (κ1) is 12.1. The fourth-order valence-corrected chi connectivity index (χ4v) is 2.90. The Morgan fingerprint density at radius 2 is 2.06 bits per heavy atom. The van der Waals surface area contributed by atoms with Crippen molar-refractivity contribution in [2.45, 2.75) is 57.5 Å². The molecule has 2 rings (SSSR count). The number of likely N-dealkylation sites (tertiary alicyclic amines) is 1. The molecule has 0 aromatic rings. The largest absolute Gasteiger partial charge is 0.307 e. The molecule has 0 aromatic carbocycles. The Labute approximate surface area is 100 Å². The number of allylic oxidation sites excluding steroid dienone is 1. The lowest BCUT2D eigenvalue weighted by molar-refractivity contribution is 0.205. The van der Waals surface area contributed by atoms with Gasteiger partial charge >= 0.3 is 0 Å². The highest BCUT2D eigenvalue weighted by molar-refractivity contribution is 4.98. The van der Waals surface area contributed by atoms with E-state index in [9.17, 15) is 0 Å². The van der Waals surface area contributed by atoms with E-state index in [2.05, 4.69) is 29.3 Å². The predicted molar refractivity (Wildman–Crippen MR) is 69.7 cm³/mol. The Morgan fingerprint density at radius 1 is 1.25 bits per heavy atom. The number of piperidine rings is 1. The molecule has 1 saturated heterocycles. The standard InChI is InChI=1S/C14H26N2/c1-13(12-16-10-6-3-7-11-16)15-14-8-4-2-5-9-14/h4,8,13-15H,2-3,5-7,9-12H2,1H3. The summed E-state index contributed by atoms with van der Waals surface area (Å²) in [7, 11) is 0. The fourth-order valence-electron chi connectivity index (χ4n) is 2.90. The molecule has 2 unspecified atom stereocenters. The molecule has 1 N–H and O–H groups in total. The molecular weight excluding hydrogens is 196 g/mol. The van der Waals surface area contributed by atoms with Crippen LogP contribution in [0.4, 0.5) is 0 Å². The Bertz CT molecular complexity index is 219. The molecule has 2 nitrogen and oxygen atoms in total. The molecule has 0 radical (unpaired) electrons. The molecule has 0 aromatic heterocycles. The van der Waals surface area contributed by atoms with E-state index >= 15 is 0 Å². The lowest BCUT2D eigenvalue weighted by Crippen LogP contribution is -2.45. The van der Waals surface area contributed by atoms with E-state index in [1.165, 1.54) is 58.2 Å². The van der Waals surface area contributed by atoms with Gasteiger partial charge in [-0.05, 0) is 52.1 Å². The first-order chi connectivity index (χ1) is 7.84. The minimum absolute atomic E-state index is 0.630. The maximum Gasteiger partial charge on any atom is 0.0253 e. The molecule has 2 heteroatoms. The van der Waals surface area contributed by atoms with Crippen LogP contribution < -0.4 is 5.32 Å². The smallest absolute Gasteiger partial charge is 0.0253 e.